The highest BCUT2D eigenvalue weighted by Gasteiger charge is 2.14. The summed E-state index contributed by atoms with van der Waals surface area (Å²) in [5, 5.41) is 9.08. The molecule has 0 aliphatic rings. The number of hydrogen-bond acceptors (Lipinski definition) is 3. The lowest BCUT2D eigenvalue weighted by Crippen LogP contribution is -2.03. The van der Waals surface area contributed by atoms with E-state index in [-0.39, 0.29) is 5.56 Å². The molecule has 2 aromatic rings. The summed E-state index contributed by atoms with van der Waals surface area (Å²) >= 11 is 0. The van der Waals surface area contributed by atoms with Gasteiger partial charge < -0.3 is 14.2 Å². The van der Waals surface area contributed by atoms with E-state index in [0.717, 1.165) is 11.4 Å². The monoisotopic (exact) mass is 246 g/mol. The quantitative estimate of drug-likeness (QED) is 0.840. The first kappa shape index (κ1) is 12.2. The first-order valence-corrected chi connectivity index (χ1v) is 5.51. The molecule has 0 bridgehead atoms. The number of fused-ring (bicyclic) bond motifs is 1. The summed E-state index contributed by atoms with van der Waals surface area (Å²) < 4.78 is 7.20. The fourth-order valence-electron chi connectivity index (χ4n) is 1.71. The molecule has 0 unspecified atom stereocenters. The average molecular weight is 246 g/mol. The van der Waals surface area contributed by atoms with E-state index < -0.39 is 5.97 Å². The van der Waals surface area contributed by atoms with Crippen molar-refractivity contribution < 1.29 is 14.6 Å². The number of carboxylic acids is 1. The molecule has 0 aliphatic heterocycles. The number of imidazole rings is 1. The third kappa shape index (κ3) is 1.95. The van der Waals surface area contributed by atoms with Crippen LogP contribution in [0.2, 0.25) is 0 Å². The van der Waals surface area contributed by atoms with Gasteiger partial charge in [0.15, 0.2) is 11.4 Å². The van der Waals surface area contributed by atoms with Crippen molar-refractivity contribution in [2.45, 2.75) is 13.8 Å². The number of hydrogen-bond donors (Lipinski definition) is 1. The van der Waals surface area contributed by atoms with Crippen LogP contribution >= 0.6 is 0 Å². The van der Waals surface area contributed by atoms with Crippen molar-refractivity contribution in [1.29, 1.82) is 0 Å². The molecule has 0 radical (unpaired) electrons. The molecule has 0 atom stereocenters. The maximum absolute atomic E-state index is 11.1. The van der Waals surface area contributed by atoms with E-state index in [1.54, 1.807) is 16.7 Å². The molecule has 18 heavy (non-hydrogen) atoms. The maximum atomic E-state index is 11.1. The molecule has 0 amide bonds. The Hall–Kier alpha value is -2.30. The molecule has 2 rings (SSSR count). The van der Waals surface area contributed by atoms with Gasteiger partial charge in [0.05, 0.1) is 11.3 Å². The minimum absolute atomic E-state index is 0.169. The summed E-state index contributed by atoms with van der Waals surface area (Å²) in [7, 11) is 0. The number of nitrogens with zero attached hydrogens (tertiary/aromatic N) is 2. The third-order valence-corrected chi connectivity index (χ3v) is 2.77. The second-order valence-electron chi connectivity index (χ2n) is 3.97. The number of aromatic carboxylic acids is 1. The second kappa shape index (κ2) is 4.52. The molecular weight excluding hydrogens is 232 g/mol. The fourth-order valence-corrected chi connectivity index (χ4v) is 1.71. The van der Waals surface area contributed by atoms with Crippen LogP contribution in [0.5, 0.6) is 5.75 Å². The second-order valence-corrected chi connectivity index (χ2v) is 3.97. The predicted octanol–water partition coefficient (Wildman–Crippen LogP) is 2.21. The van der Waals surface area contributed by atoms with Gasteiger partial charge in [0, 0.05) is 18.0 Å². The Labute approximate surface area is 104 Å². The molecule has 0 aliphatic carbocycles. The highest BCUT2D eigenvalue weighted by atomic mass is 16.5. The van der Waals surface area contributed by atoms with E-state index in [0.29, 0.717) is 18.0 Å². The molecule has 1 N–H and O–H groups in total. The van der Waals surface area contributed by atoms with Crippen molar-refractivity contribution >= 4 is 11.6 Å². The minimum Gasteiger partial charge on any atom is -0.486 e. The minimum atomic E-state index is -0.994. The van der Waals surface area contributed by atoms with Crippen molar-refractivity contribution in [3.63, 3.8) is 0 Å². The lowest BCUT2D eigenvalue weighted by Gasteiger charge is -2.07. The Kier molecular flexibility index (Phi) is 3.06. The van der Waals surface area contributed by atoms with Gasteiger partial charge in [-0.25, -0.2) is 9.78 Å². The Morgan fingerprint density at radius 1 is 1.61 bits per heavy atom. The summed E-state index contributed by atoms with van der Waals surface area (Å²) in [6.45, 7) is 7.64. The molecule has 0 aromatic carbocycles. The lowest BCUT2D eigenvalue weighted by molar-refractivity contribution is 0.0696. The molecule has 5 nitrogen and oxygen atoms in total. The van der Waals surface area contributed by atoms with E-state index in [4.69, 9.17) is 9.84 Å². The summed E-state index contributed by atoms with van der Waals surface area (Å²) in [5.41, 5.74) is 2.54. The molecular formula is C13H14N2O3. The Morgan fingerprint density at radius 3 is 2.94 bits per heavy atom. The van der Waals surface area contributed by atoms with Gasteiger partial charge in [-0.2, -0.15) is 0 Å². The van der Waals surface area contributed by atoms with Gasteiger partial charge in [0.2, 0.25) is 0 Å². The average Bonchev–Trinajstić information content (AvgIpc) is 2.63. The molecule has 2 aromatic heterocycles. The molecule has 2 heterocycles. The molecule has 5 heteroatoms. The molecule has 0 fully saturated rings. The zero-order chi connectivity index (χ0) is 13.3. The zero-order valence-corrected chi connectivity index (χ0v) is 10.3. The van der Waals surface area contributed by atoms with E-state index in [9.17, 15) is 4.79 Å². The van der Waals surface area contributed by atoms with Gasteiger partial charge in [0.1, 0.15) is 6.61 Å². The maximum Gasteiger partial charge on any atom is 0.337 e. The van der Waals surface area contributed by atoms with E-state index in [1.807, 2.05) is 13.8 Å². The number of ether oxygens (including phenoxy) is 1. The summed E-state index contributed by atoms with van der Waals surface area (Å²) in [6.07, 6.45) is 3.15. The SMILES string of the molecule is C=CCOc1cc(C(=O)O)cn2c(C)c(C)nc12. The van der Waals surface area contributed by atoms with Crippen LogP contribution in [-0.2, 0) is 0 Å². The normalized spacial score (nSPS) is 10.6. The van der Waals surface area contributed by atoms with Crippen molar-refractivity contribution in [3.8, 4) is 5.75 Å². The van der Waals surface area contributed by atoms with Crippen LogP contribution in [0.3, 0.4) is 0 Å². The summed E-state index contributed by atoms with van der Waals surface area (Å²) in [4.78, 5) is 15.5. The summed E-state index contributed by atoms with van der Waals surface area (Å²) in [6, 6.07) is 1.48. The zero-order valence-electron chi connectivity index (χ0n) is 10.3. The topological polar surface area (TPSA) is 63.8 Å². The van der Waals surface area contributed by atoms with E-state index >= 15 is 0 Å². The van der Waals surface area contributed by atoms with Crippen LogP contribution < -0.4 is 4.74 Å². The van der Waals surface area contributed by atoms with Gasteiger partial charge in [-0.05, 0) is 13.8 Å². The van der Waals surface area contributed by atoms with Crippen LogP contribution in [0.15, 0.2) is 24.9 Å². The number of carbonyl (C=O) groups is 1. The third-order valence-electron chi connectivity index (χ3n) is 2.77. The molecule has 0 saturated heterocycles. The lowest BCUT2D eigenvalue weighted by atomic mass is 10.2. The van der Waals surface area contributed by atoms with Gasteiger partial charge >= 0.3 is 5.97 Å². The van der Waals surface area contributed by atoms with Crippen LogP contribution in [-0.4, -0.2) is 27.1 Å². The van der Waals surface area contributed by atoms with Crippen LogP contribution in [0.1, 0.15) is 21.7 Å². The van der Waals surface area contributed by atoms with Crippen molar-refractivity contribution in [2.75, 3.05) is 6.61 Å². The Bertz CT molecular complexity index is 629. The van der Waals surface area contributed by atoms with Gasteiger partial charge in [0.25, 0.3) is 0 Å². The largest absolute Gasteiger partial charge is 0.486 e. The molecule has 94 valence electrons. The van der Waals surface area contributed by atoms with Crippen LogP contribution in [0.25, 0.3) is 5.65 Å². The number of aryl methyl sites for hydroxylation is 2. The smallest absolute Gasteiger partial charge is 0.337 e. The van der Waals surface area contributed by atoms with E-state index in [2.05, 4.69) is 11.6 Å². The van der Waals surface area contributed by atoms with Gasteiger partial charge in [-0.15, -0.1) is 0 Å². The number of rotatable bonds is 4. The highest BCUT2D eigenvalue weighted by molar-refractivity contribution is 5.88. The van der Waals surface area contributed by atoms with Crippen molar-refractivity contribution in [1.82, 2.24) is 9.38 Å². The van der Waals surface area contributed by atoms with E-state index in [1.165, 1.54) is 6.07 Å². The summed E-state index contributed by atoms with van der Waals surface area (Å²) in [5.74, 6) is -0.544. The van der Waals surface area contributed by atoms with Crippen LogP contribution in [0.4, 0.5) is 0 Å². The first-order chi connectivity index (χ1) is 8.54. The van der Waals surface area contributed by atoms with Crippen molar-refractivity contribution in [2.24, 2.45) is 0 Å². The van der Waals surface area contributed by atoms with Crippen LogP contribution in [0, 0.1) is 13.8 Å². The van der Waals surface area contributed by atoms with Crippen molar-refractivity contribution in [3.05, 3.63) is 41.9 Å². The Balaban J connectivity index is 2.68. The number of carboxylic acid groups (broad SMARTS) is 1. The molecule has 0 spiro atoms. The number of aromatic nitrogens is 2. The van der Waals surface area contributed by atoms with Gasteiger partial charge in [-0.3, -0.25) is 0 Å². The standard InChI is InChI=1S/C13H14N2O3/c1-4-5-18-11-6-10(13(16)17)7-15-9(3)8(2)14-12(11)15/h4,6-7H,1,5H2,2-3H3,(H,16,17). The fraction of sp³-hybridized carbons (Fsp3) is 0.231. The Morgan fingerprint density at radius 2 is 2.33 bits per heavy atom. The predicted molar refractivity (Wildman–Crippen MR) is 67.3 cm³/mol. The number of pyridine rings is 1. The highest BCUT2D eigenvalue weighted by Crippen LogP contribution is 2.24. The van der Waals surface area contributed by atoms with Gasteiger partial charge in [-0.1, -0.05) is 12.7 Å². The molecule has 0 saturated carbocycles. The first-order valence-electron chi connectivity index (χ1n) is 5.51.